The zero-order valence-electron chi connectivity index (χ0n) is 16.9. The Morgan fingerprint density at radius 2 is 1.94 bits per heavy atom. The summed E-state index contributed by atoms with van der Waals surface area (Å²) in [5, 5.41) is 9.20. The normalized spacial score (nSPS) is 20.7. The Balaban J connectivity index is 1.71. The monoisotopic (exact) mass is 452 g/mol. The molecule has 0 aliphatic heterocycles. The molecular formula is C22H23F3N2O3S. The molecule has 1 saturated carbocycles. The van der Waals surface area contributed by atoms with Gasteiger partial charge in [-0.1, -0.05) is 18.2 Å². The van der Waals surface area contributed by atoms with Crippen molar-refractivity contribution in [1.29, 1.82) is 5.26 Å². The highest BCUT2D eigenvalue weighted by atomic mass is 32.2. The lowest BCUT2D eigenvalue weighted by molar-refractivity contribution is -0.0660. The molecule has 0 unspecified atom stereocenters. The fourth-order valence-corrected chi connectivity index (χ4v) is 4.61. The van der Waals surface area contributed by atoms with Crippen molar-refractivity contribution < 1.29 is 26.3 Å². The van der Waals surface area contributed by atoms with Crippen LogP contribution in [0.25, 0.3) is 11.1 Å². The molecule has 2 aromatic carbocycles. The summed E-state index contributed by atoms with van der Waals surface area (Å²) in [5.41, 5.74) is 1.45. The average Bonchev–Trinajstić information content (AvgIpc) is 2.74. The van der Waals surface area contributed by atoms with Gasteiger partial charge < -0.3 is 4.74 Å². The number of hydrogen-bond donors (Lipinski definition) is 1. The van der Waals surface area contributed by atoms with Gasteiger partial charge in [-0.3, -0.25) is 0 Å². The van der Waals surface area contributed by atoms with Gasteiger partial charge in [-0.15, -0.1) is 0 Å². The van der Waals surface area contributed by atoms with Gasteiger partial charge in [-0.2, -0.15) is 5.26 Å². The quantitative estimate of drug-likeness (QED) is 0.672. The number of nitrogens with zero attached hydrogens (tertiary/aromatic N) is 1. The zero-order valence-corrected chi connectivity index (χ0v) is 17.8. The number of rotatable bonds is 7. The smallest absolute Gasteiger partial charge is 0.248 e. The summed E-state index contributed by atoms with van der Waals surface area (Å²) < 4.78 is 73.2. The summed E-state index contributed by atoms with van der Waals surface area (Å²) in [5.74, 6) is -3.73. The molecular weight excluding hydrogens is 429 g/mol. The molecule has 1 fully saturated rings. The van der Waals surface area contributed by atoms with Crippen molar-refractivity contribution in [2.24, 2.45) is 5.92 Å². The predicted molar refractivity (Wildman–Crippen MR) is 111 cm³/mol. The molecule has 3 rings (SSSR count). The maximum absolute atomic E-state index is 13.9. The van der Waals surface area contributed by atoms with Crippen LogP contribution in [-0.2, 0) is 10.0 Å². The number of nitriles is 1. The van der Waals surface area contributed by atoms with Crippen LogP contribution in [0.5, 0.6) is 5.75 Å². The van der Waals surface area contributed by atoms with Crippen molar-refractivity contribution in [3.8, 4) is 22.9 Å². The molecule has 0 spiro atoms. The molecule has 1 N–H and O–H groups in total. The van der Waals surface area contributed by atoms with Gasteiger partial charge in [-0.25, -0.2) is 26.3 Å². The number of halogens is 3. The Hall–Kier alpha value is -2.57. The molecule has 0 radical (unpaired) electrons. The predicted octanol–water partition coefficient (Wildman–Crippen LogP) is 4.49. The molecule has 0 aromatic heterocycles. The van der Waals surface area contributed by atoms with Crippen molar-refractivity contribution in [2.75, 3.05) is 12.4 Å². The molecule has 5 nitrogen and oxygen atoms in total. The number of sulfonamides is 1. The molecule has 9 heteroatoms. The second kappa shape index (κ2) is 9.28. The standard InChI is InChI=1S/C22H23F3N2O3S/c1-2-31(28,29)27-21-9-10-22(24,25)12-17(21)14-30-19-6-3-15(4-7-19)20-8-5-18(23)11-16(20)13-26/h3-8,11,17,21,27H,2,9-10,12,14H2,1H3/t17-,21-/m0/s1. The second-order valence-corrected chi connectivity index (χ2v) is 9.67. The van der Waals surface area contributed by atoms with Crippen molar-refractivity contribution in [3.05, 3.63) is 53.8 Å². The van der Waals surface area contributed by atoms with Crippen LogP contribution in [-0.4, -0.2) is 32.7 Å². The summed E-state index contributed by atoms with van der Waals surface area (Å²) in [6, 6.07) is 11.9. The van der Waals surface area contributed by atoms with Crippen LogP contribution in [0.1, 0.15) is 31.7 Å². The maximum Gasteiger partial charge on any atom is 0.248 e. The van der Waals surface area contributed by atoms with Crippen molar-refractivity contribution in [1.82, 2.24) is 4.72 Å². The van der Waals surface area contributed by atoms with Gasteiger partial charge in [0.2, 0.25) is 15.9 Å². The second-order valence-electron chi connectivity index (χ2n) is 7.62. The molecule has 166 valence electrons. The minimum Gasteiger partial charge on any atom is -0.493 e. The first kappa shape index (κ1) is 23.1. The van der Waals surface area contributed by atoms with E-state index >= 15 is 0 Å². The van der Waals surface area contributed by atoms with E-state index in [1.807, 2.05) is 6.07 Å². The first-order valence-electron chi connectivity index (χ1n) is 9.93. The van der Waals surface area contributed by atoms with E-state index in [-0.39, 0.29) is 30.8 Å². The van der Waals surface area contributed by atoms with Crippen molar-refractivity contribution in [2.45, 2.75) is 38.2 Å². The molecule has 2 aromatic rings. The van der Waals surface area contributed by atoms with Crippen LogP contribution >= 0.6 is 0 Å². The largest absolute Gasteiger partial charge is 0.493 e. The number of ether oxygens (including phenoxy) is 1. The van der Waals surface area contributed by atoms with Crippen molar-refractivity contribution >= 4 is 10.0 Å². The molecule has 0 bridgehead atoms. The van der Waals surface area contributed by atoms with E-state index in [0.29, 0.717) is 16.9 Å². The number of benzene rings is 2. The number of alkyl halides is 2. The summed E-state index contributed by atoms with van der Waals surface area (Å²) in [4.78, 5) is 0. The van der Waals surface area contributed by atoms with Gasteiger partial charge >= 0.3 is 0 Å². The molecule has 0 amide bonds. The summed E-state index contributed by atoms with van der Waals surface area (Å²) >= 11 is 0. The van der Waals surface area contributed by atoms with E-state index in [2.05, 4.69) is 4.72 Å². The Morgan fingerprint density at radius 1 is 1.23 bits per heavy atom. The molecule has 2 atom stereocenters. The van der Waals surface area contributed by atoms with Gasteiger partial charge in [0.25, 0.3) is 0 Å². The highest BCUT2D eigenvalue weighted by Crippen LogP contribution is 2.37. The third-order valence-corrected chi connectivity index (χ3v) is 6.82. The lowest BCUT2D eigenvalue weighted by Gasteiger charge is -2.36. The lowest BCUT2D eigenvalue weighted by Crippen LogP contribution is -2.48. The Morgan fingerprint density at radius 3 is 2.58 bits per heavy atom. The highest BCUT2D eigenvalue weighted by Gasteiger charge is 2.42. The summed E-state index contributed by atoms with van der Waals surface area (Å²) in [6.45, 7) is 1.43. The number of nitrogens with one attached hydrogen (secondary N) is 1. The Labute approximate surface area is 179 Å². The molecule has 31 heavy (non-hydrogen) atoms. The highest BCUT2D eigenvalue weighted by molar-refractivity contribution is 7.89. The minimum absolute atomic E-state index is 0.0424. The first-order chi connectivity index (χ1) is 14.6. The fraction of sp³-hybridized carbons (Fsp3) is 0.409. The minimum atomic E-state index is -3.52. The third kappa shape index (κ3) is 5.99. The van der Waals surface area contributed by atoms with Crippen LogP contribution in [0.2, 0.25) is 0 Å². The molecule has 1 aliphatic carbocycles. The molecule has 0 heterocycles. The fourth-order valence-electron chi connectivity index (χ4n) is 3.67. The van der Waals surface area contributed by atoms with Crippen LogP contribution in [0.15, 0.2) is 42.5 Å². The van der Waals surface area contributed by atoms with Gasteiger partial charge in [0.1, 0.15) is 11.6 Å². The zero-order chi connectivity index (χ0) is 22.6. The van der Waals surface area contributed by atoms with Crippen molar-refractivity contribution in [3.63, 3.8) is 0 Å². The van der Waals surface area contributed by atoms with Gasteiger partial charge in [-0.05, 0) is 48.7 Å². The topological polar surface area (TPSA) is 79.2 Å². The van der Waals surface area contributed by atoms with E-state index < -0.39 is 40.1 Å². The molecule has 0 saturated heterocycles. The van der Waals surface area contributed by atoms with E-state index in [0.717, 1.165) is 6.07 Å². The summed E-state index contributed by atoms with van der Waals surface area (Å²) in [7, 11) is -3.52. The summed E-state index contributed by atoms with van der Waals surface area (Å²) in [6.07, 6.45) is -0.780. The molecule has 1 aliphatic rings. The van der Waals surface area contributed by atoms with E-state index in [1.165, 1.54) is 19.1 Å². The number of hydrogen-bond acceptors (Lipinski definition) is 4. The van der Waals surface area contributed by atoms with E-state index in [1.54, 1.807) is 24.3 Å². The average molecular weight is 452 g/mol. The SMILES string of the molecule is CCS(=O)(=O)N[C@H]1CCC(F)(F)C[C@H]1COc1ccc(-c2ccc(F)cc2C#N)cc1. The van der Waals surface area contributed by atoms with E-state index in [9.17, 15) is 26.9 Å². The Kier molecular flexibility index (Phi) is 6.92. The van der Waals surface area contributed by atoms with Gasteiger partial charge in [0.15, 0.2) is 0 Å². The lowest BCUT2D eigenvalue weighted by atomic mass is 9.83. The van der Waals surface area contributed by atoms with E-state index in [4.69, 9.17) is 4.74 Å². The third-order valence-electron chi connectivity index (χ3n) is 5.39. The van der Waals surface area contributed by atoms with Gasteiger partial charge in [0, 0.05) is 24.8 Å². The van der Waals surface area contributed by atoms with Crippen LogP contribution in [0, 0.1) is 23.1 Å². The Bertz CT molecular complexity index is 1070. The van der Waals surface area contributed by atoms with Gasteiger partial charge in [0.05, 0.1) is 24.0 Å². The van der Waals surface area contributed by atoms with Crippen LogP contribution < -0.4 is 9.46 Å². The van der Waals surface area contributed by atoms with Crippen LogP contribution in [0.3, 0.4) is 0 Å². The maximum atomic E-state index is 13.9. The first-order valence-corrected chi connectivity index (χ1v) is 11.6. The van der Waals surface area contributed by atoms with Crippen LogP contribution in [0.4, 0.5) is 13.2 Å².